The zero-order chi connectivity index (χ0) is 22.4. The van der Waals surface area contributed by atoms with Crippen molar-refractivity contribution in [3.8, 4) is 5.75 Å². The van der Waals surface area contributed by atoms with Gasteiger partial charge in [-0.1, -0.05) is 12.1 Å². The molecule has 3 saturated heterocycles. The minimum Gasteiger partial charge on any atom is -0.497 e. The van der Waals surface area contributed by atoms with Gasteiger partial charge in [-0.2, -0.15) is 0 Å². The molecule has 3 atom stereocenters. The molecule has 0 spiro atoms. The number of carboxylic acid groups (broad SMARTS) is 1. The lowest BCUT2D eigenvalue weighted by molar-refractivity contribution is -0.136. The van der Waals surface area contributed by atoms with Crippen molar-refractivity contribution >= 4 is 18.3 Å². The third-order valence-corrected chi connectivity index (χ3v) is 6.32. The number of nitrogens with zero attached hydrogens (tertiary/aromatic N) is 3. The fourth-order valence-electron chi connectivity index (χ4n) is 4.92. The van der Waals surface area contributed by atoms with E-state index in [-0.39, 0.29) is 24.3 Å². The fraction of sp³-hybridized carbons (Fsp3) is 0.591. The second-order valence-corrected chi connectivity index (χ2v) is 8.11. The van der Waals surface area contributed by atoms with Crippen LogP contribution in [-0.4, -0.2) is 97.7 Å². The smallest absolute Gasteiger partial charge is 0.290 e. The van der Waals surface area contributed by atoms with E-state index in [4.69, 9.17) is 19.4 Å². The van der Waals surface area contributed by atoms with Crippen molar-refractivity contribution in [2.45, 2.75) is 13.0 Å². The van der Waals surface area contributed by atoms with Crippen molar-refractivity contribution in [2.24, 2.45) is 11.8 Å². The van der Waals surface area contributed by atoms with E-state index in [1.807, 2.05) is 21.9 Å². The molecule has 0 aromatic heterocycles. The average Bonchev–Trinajstić information content (AvgIpc) is 3.32. The number of rotatable bonds is 4. The summed E-state index contributed by atoms with van der Waals surface area (Å²) in [5, 5.41) is 6.89. The maximum atomic E-state index is 12.6. The van der Waals surface area contributed by atoms with Crippen LogP contribution in [0.5, 0.6) is 5.75 Å². The van der Waals surface area contributed by atoms with Crippen LogP contribution in [0.15, 0.2) is 24.3 Å². The summed E-state index contributed by atoms with van der Waals surface area (Å²) in [6.45, 7) is 6.98. The van der Waals surface area contributed by atoms with E-state index in [1.54, 1.807) is 14.0 Å². The van der Waals surface area contributed by atoms with Crippen LogP contribution in [0.2, 0.25) is 0 Å². The zero-order valence-electron chi connectivity index (χ0n) is 18.1. The van der Waals surface area contributed by atoms with Crippen LogP contribution in [0.1, 0.15) is 18.5 Å². The van der Waals surface area contributed by atoms with Gasteiger partial charge in [-0.25, -0.2) is 0 Å². The Labute approximate surface area is 182 Å². The van der Waals surface area contributed by atoms with Gasteiger partial charge in [0.1, 0.15) is 5.75 Å². The van der Waals surface area contributed by atoms with Gasteiger partial charge >= 0.3 is 0 Å². The van der Waals surface area contributed by atoms with Crippen LogP contribution in [0.4, 0.5) is 0 Å². The predicted octanol–water partition coefficient (Wildman–Crippen LogP) is 0.706. The summed E-state index contributed by atoms with van der Waals surface area (Å²) in [7, 11) is 1.66. The predicted molar refractivity (Wildman–Crippen MR) is 113 cm³/mol. The van der Waals surface area contributed by atoms with E-state index in [0.29, 0.717) is 44.7 Å². The Morgan fingerprint density at radius 1 is 1.16 bits per heavy atom. The van der Waals surface area contributed by atoms with Gasteiger partial charge in [-0.05, 0) is 23.6 Å². The summed E-state index contributed by atoms with van der Waals surface area (Å²) in [6, 6.07) is 8.09. The Morgan fingerprint density at radius 2 is 1.81 bits per heavy atom. The molecule has 9 heteroatoms. The lowest BCUT2D eigenvalue weighted by atomic mass is 9.89. The van der Waals surface area contributed by atoms with Crippen LogP contribution in [0, 0.1) is 11.8 Å². The van der Waals surface area contributed by atoms with Crippen molar-refractivity contribution in [1.29, 1.82) is 0 Å². The number of hydrogen-bond donors (Lipinski definition) is 1. The standard InChI is InChI=1S/C21H29N3O4.CH2O2/c1-15(25)24-12-17-11-22(14-20(26)23-7-9-28-10-8-23)13-19(17)21(24)16-3-5-18(27-2)6-4-16;2-1-3/h3-6,17,19,21H,7-14H2,1-2H3;1H,(H,2,3)/t17-,19-,21+;/m1./s1. The molecular weight excluding hydrogens is 402 g/mol. The molecule has 9 nitrogen and oxygen atoms in total. The lowest BCUT2D eigenvalue weighted by Gasteiger charge is -2.31. The molecular formula is C22H31N3O6. The summed E-state index contributed by atoms with van der Waals surface area (Å²) >= 11 is 0. The highest BCUT2D eigenvalue weighted by molar-refractivity contribution is 5.78. The molecule has 3 heterocycles. The summed E-state index contributed by atoms with van der Waals surface area (Å²) in [4.78, 5) is 39.4. The number of likely N-dealkylation sites (tertiary alicyclic amines) is 2. The highest BCUT2D eigenvalue weighted by atomic mass is 16.5. The van der Waals surface area contributed by atoms with Gasteiger partial charge in [0, 0.05) is 45.6 Å². The summed E-state index contributed by atoms with van der Waals surface area (Å²) in [5.74, 6) is 1.89. The van der Waals surface area contributed by atoms with Crippen LogP contribution in [-0.2, 0) is 19.1 Å². The van der Waals surface area contributed by atoms with Crippen LogP contribution in [0.3, 0.4) is 0 Å². The SMILES string of the molecule is COc1ccc([C@H]2[C@@H]3CN(CC(=O)N4CCOCC4)C[C@@H]3CN2C(C)=O)cc1.O=CO. The number of amides is 2. The molecule has 1 N–H and O–H groups in total. The van der Waals surface area contributed by atoms with Crippen molar-refractivity contribution in [2.75, 3.05) is 59.6 Å². The van der Waals surface area contributed by atoms with Gasteiger partial charge in [-0.15, -0.1) is 0 Å². The van der Waals surface area contributed by atoms with Gasteiger partial charge in [0.05, 0.1) is 32.9 Å². The van der Waals surface area contributed by atoms with E-state index >= 15 is 0 Å². The van der Waals surface area contributed by atoms with E-state index in [9.17, 15) is 9.59 Å². The van der Waals surface area contributed by atoms with Gasteiger partial charge in [0.25, 0.3) is 6.47 Å². The third kappa shape index (κ3) is 5.34. The quantitative estimate of drug-likeness (QED) is 0.698. The number of morpholine rings is 1. The number of ether oxygens (including phenoxy) is 2. The Kier molecular flexibility index (Phi) is 7.86. The fourth-order valence-corrected chi connectivity index (χ4v) is 4.92. The van der Waals surface area contributed by atoms with Crippen LogP contribution in [0.25, 0.3) is 0 Å². The lowest BCUT2D eigenvalue weighted by Crippen LogP contribution is -2.46. The minimum atomic E-state index is -0.250. The Balaban J connectivity index is 0.000000858. The highest BCUT2D eigenvalue weighted by Gasteiger charge is 2.48. The molecule has 0 unspecified atom stereocenters. The normalized spacial score (nSPS) is 25.4. The van der Waals surface area contributed by atoms with Gasteiger partial charge in [-0.3, -0.25) is 19.3 Å². The second-order valence-electron chi connectivity index (χ2n) is 8.11. The summed E-state index contributed by atoms with van der Waals surface area (Å²) < 4.78 is 10.6. The molecule has 2 amide bonds. The highest BCUT2D eigenvalue weighted by Crippen LogP contribution is 2.45. The number of carbonyl (C=O) groups is 3. The number of carbonyl (C=O) groups excluding carboxylic acids is 2. The Morgan fingerprint density at radius 3 is 2.39 bits per heavy atom. The van der Waals surface area contributed by atoms with E-state index in [2.05, 4.69) is 17.0 Å². The second kappa shape index (κ2) is 10.6. The Bertz CT molecular complexity index is 765. The largest absolute Gasteiger partial charge is 0.497 e. The zero-order valence-corrected chi connectivity index (χ0v) is 18.1. The summed E-state index contributed by atoms with van der Waals surface area (Å²) in [5.41, 5.74) is 1.14. The van der Waals surface area contributed by atoms with Gasteiger partial charge in [0.15, 0.2) is 0 Å². The molecule has 31 heavy (non-hydrogen) atoms. The van der Waals surface area contributed by atoms with E-state index in [0.717, 1.165) is 30.9 Å². The van der Waals surface area contributed by atoms with E-state index < -0.39 is 0 Å². The molecule has 0 radical (unpaired) electrons. The molecule has 3 aliphatic heterocycles. The third-order valence-electron chi connectivity index (χ3n) is 6.32. The minimum absolute atomic E-state index is 0.0666. The van der Waals surface area contributed by atoms with Gasteiger partial charge in [0.2, 0.25) is 11.8 Å². The molecule has 0 aliphatic carbocycles. The van der Waals surface area contributed by atoms with Crippen molar-refractivity contribution in [3.05, 3.63) is 29.8 Å². The van der Waals surface area contributed by atoms with Crippen LogP contribution < -0.4 is 4.74 Å². The molecule has 1 aromatic carbocycles. The van der Waals surface area contributed by atoms with Crippen molar-refractivity contribution in [1.82, 2.24) is 14.7 Å². The number of hydrogen-bond acceptors (Lipinski definition) is 6. The number of benzene rings is 1. The molecule has 1 aromatic rings. The first kappa shape index (κ1) is 23.0. The first-order chi connectivity index (χ1) is 15.0. The monoisotopic (exact) mass is 433 g/mol. The first-order valence-corrected chi connectivity index (χ1v) is 10.5. The molecule has 0 saturated carbocycles. The van der Waals surface area contributed by atoms with Gasteiger partial charge < -0.3 is 24.4 Å². The Hall–Kier alpha value is -2.65. The van der Waals surface area contributed by atoms with Crippen molar-refractivity contribution < 1.29 is 29.0 Å². The topological polar surface area (TPSA) is 99.6 Å². The first-order valence-electron chi connectivity index (χ1n) is 10.5. The molecule has 3 aliphatic rings. The maximum absolute atomic E-state index is 12.6. The summed E-state index contributed by atoms with van der Waals surface area (Å²) in [6.07, 6.45) is 0. The average molecular weight is 434 g/mol. The molecule has 3 fully saturated rings. The maximum Gasteiger partial charge on any atom is 0.290 e. The number of fused-ring (bicyclic) bond motifs is 1. The van der Waals surface area contributed by atoms with Crippen molar-refractivity contribution in [3.63, 3.8) is 0 Å². The van der Waals surface area contributed by atoms with Crippen LogP contribution >= 0.6 is 0 Å². The molecule has 170 valence electrons. The number of methoxy groups -OCH3 is 1. The molecule has 4 rings (SSSR count). The molecule has 0 bridgehead atoms. The van der Waals surface area contributed by atoms with E-state index in [1.165, 1.54) is 0 Å².